The first-order valence-corrected chi connectivity index (χ1v) is 5.91. The van der Waals surface area contributed by atoms with Crippen molar-refractivity contribution in [3.63, 3.8) is 0 Å². The van der Waals surface area contributed by atoms with Crippen LogP contribution in [0.4, 0.5) is 5.69 Å². The van der Waals surface area contributed by atoms with E-state index >= 15 is 0 Å². The molecule has 0 aliphatic rings. The van der Waals surface area contributed by atoms with E-state index < -0.39 is 0 Å². The lowest BCUT2D eigenvalue weighted by Crippen LogP contribution is -2.18. The van der Waals surface area contributed by atoms with Gasteiger partial charge in [0.05, 0.1) is 0 Å². The lowest BCUT2D eigenvalue weighted by atomic mass is 10.3. The van der Waals surface area contributed by atoms with Gasteiger partial charge in [0.2, 0.25) is 0 Å². The monoisotopic (exact) mass is 226 g/mol. The summed E-state index contributed by atoms with van der Waals surface area (Å²) in [6.45, 7) is 5.37. The maximum Gasteiger partial charge on any atom is 0.0407 e. The van der Waals surface area contributed by atoms with Crippen molar-refractivity contribution in [3.8, 4) is 0 Å². The first kappa shape index (κ1) is 12.3. The van der Waals surface area contributed by atoms with Gasteiger partial charge in [-0.25, -0.2) is 0 Å². The number of nitrogens with one attached hydrogen (secondary N) is 2. The minimum atomic E-state index is 0.783. The predicted octanol–water partition coefficient (Wildman–Crippen LogP) is 3.14. The zero-order valence-electron chi connectivity index (χ0n) is 9.22. The molecular formula is C12H19ClN2. The summed E-state index contributed by atoms with van der Waals surface area (Å²) in [5.74, 6) is 0. The third-order valence-electron chi connectivity index (χ3n) is 2.13. The second kappa shape index (κ2) is 7.55. The molecule has 0 heterocycles. The molecule has 2 N–H and O–H groups in total. The van der Waals surface area contributed by atoms with Crippen LogP contribution in [0.3, 0.4) is 0 Å². The minimum Gasteiger partial charge on any atom is -0.385 e. The van der Waals surface area contributed by atoms with Gasteiger partial charge < -0.3 is 10.6 Å². The molecule has 84 valence electrons. The number of hydrogen-bond donors (Lipinski definition) is 2. The SMILES string of the molecule is CCCNCCCNc1ccc(Cl)cc1. The van der Waals surface area contributed by atoms with E-state index in [-0.39, 0.29) is 0 Å². The second-order valence-electron chi connectivity index (χ2n) is 3.54. The quantitative estimate of drug-likeness (QED) is 0.698. The number of halogens is 1. The van der Waals surface area contributed by atoms with Crippen molar-refractivity contribution in [1.29, 1.82) is 0 Å². The summed E-state index contributed by atoms with van der Waals surface area (Å²) < 4.78 is 0. The zero-order chi connectivity index (χ0) is 10.9. The molecule has 2 nitrogen and oxygen atoms in total. The molecule has 0 saturated carbocycles. The van der Waals surface area contributed by atoms with Crippen molar-refractivity contribution >= 4 is 17.3 Å². The normalized spacial score (nSPS) is 10.3. The van der Waals surface area contributed by atoms with Gasteiger partial charge in [-0.3, -0.25) is 0 Å². The van der Waals surface area contributed by atoms with Gasteiger partial charge in [0.1, 0.15) is 0 Å². The molecule has 0 saturated heterocycles. The van der Waals surface area contributed by atoms with Crippen LogP contribution in [0.25, 0.3) is 0 Å². The molecule has 0 amide bonds. The van der Waals surface area contributed by atoms with Crippen LogP contribution in [-0.4, -0.2) is 19.6 Å². The topological polar surface area (TPSA) is 24.1 Å². The van der Waals surface area contributed by atoms with E-state index in [0.717, 1.165) is 36.8 Å². The van der Waals surface area contributed by atoms with Crippen molar-refractivity contribution in [3.05, 3.63) is 29.3 Å². The molecular weight excluding hydrogens is 208 g/mol. The van der Waals surface area contributed by atoms with E-state index in [1.54, 1.807) is 0 Å². The van der Waals surface area contributed by atoms with Crippen LogP contribution in [0.2, 0.25) is 5.02 Å². The van der Waals surface area contributed by atoms with Gasteiger partial charge in [-0.1, -0.05) is 18.5 Å². The molecule has 0 radical (unpaired) electrons. The number of benzene rings is 1. The molecule has 1 rings (SSSR count). The Morgan fingerprint density at radius 1 is 1.07 bits per heavy atom. The fourth-order valence-corrected chi connectivity index (χ4v) is 1.44. The molecule has 0 atom stereocenters. The molecule has 0 unspecified atom stereocenters. The smallest absolute Gasteiger partial charge is 0.0407 e. The summed E-state index contributed by atoms with van der Waals surface area (Å²) in [4.78, 5) is 0. The van der Waals surface area contributed by atoms with Gasteiger partial charge in [0.25, 0.3) is 0 Å². The molecule has 0 aliphatic carbocycles. The Hall–Kier alpha value is -0.730. The highest BCUT2D eigenvalue weighted by molar-refractivity contribution is 6.30. The highest BCUT2D eigenvalue weighted by atomic mass is 35.5. The van der Waals surface area contributed by atoms with Gasteiger partial charge >= 0.3 is 0 Å². The number of anilines is 1. The van der Waals surface area contributed by atoms with Gasteiger partial charge in [-0.2, -0.15) is 0 Å². The molecule has 1 aromatic rings. The van der Waals surface area contributed by atoms with Crippen molar-refractivity contribution in [2.75, 3.05) is 25.0 Å². The van der Waals surface area contributed by atoms with E-state index in [2.05, 4.69) is 17.6 Å². The second-order valence-corrected chi connectivity index (χ2v) is 3.97. The van der Waals surface area contributed by atoms with Crippen LogP contribution in [0.1, 0.15) is 19.8 Å². The van der Waals surface area contributed by atoms with Crippen LogP contribution in [-0.2, 0) is 0 Å². The van der Waals surface area contributed by atoms with E-state index in [4.69, 9.17) is 11.6 Å². The largest absolute Gasteiger partial charge is 0.385 e. The zero-order valence-corrected chi connectivity index (χ0v) is 9.98. The minimum absolute atomic E-state index is 0.783. The summed E-state index contributed by atoms with van der Waals surface area (Å²) in [5.41, 5.74) is 1.13. The van der Waals surface area contributed by atoms with E-state index in [1.165, 1.54) is 6.42 Å². The highest BCUT2D eigenvalue weighted by Crippen LogP contribution is 2.12. The van der Waals surface area contributed by atoms with Crippen molar-refractivity contribution < 1.29 is 0 Å². The van der Waals surface area contributed by atoms with Crippen LogP contribution in [0.15, 0.2) is 24.3 Å². The molecule has 0 bridgehead atoms. The number of hydrogen-bond acceptors (Lipinski definition) is 2. The Morgan fingerprint density at radius 2 is 1.80 bits per heavy atom. The summed E-state index contributed by atoms with van der Waals surface area (Å²) in [6.07, 6.45) is 2.34. The van der Waals surface area contributed by atoms with Gasteiger partial charge in [-0.05, 0) is 50.2 Å². The van der Waals surface area contributed by atoms with Gasteiger partial charge in [-0.15, -0.1) is 0 Å². The molecule has 0 aliphatic heterocycles. The average Bonchev–Trinajstić information content (AvgIpc) is 2.26. The van der Waals surface area contributed by atoms with Crippen molar-refractivity contribution in [2.24, 2.45) is 0 Å². The standard InChI is InChI=1S/C12H19ClN2/c1-2-8-14-9-3-10-15-12-6-4-11(13)5-7-12/h4-7,14-15H,2-3,8-10H2,1H3. The highest BCUT2D eigenvalue weighted by Gasteiger charge is 1.91. The predicted molar refractivity (Wildman–Crippen MR) is 67.7 cm³/mol. The van der Waals surface area contributed by atoms with Crippen molar-refractivity contribution in [1.82, 2.24) is 5.32 Å². The Balaban J connectivity index is 2.07. The average molecular weight is 227 g/mol. The Kier molecular flexibility index (Phi) is 6.21. The van der Waals surface area contributed by atoms with Gasteiger partial charge in [0, 0.05) is 17.3 Å². The molecule has 3 heteroatoms. The third-order valence-corrected chi connectivity index (χ3v) is 2.38. The summed E-state index contributed by atoms with van der Waals surface area (Å²) in [7, 11) is 0. The van der Waals surface area contributed by atoms with Crippen LogP contribution in [0.5, 0.6) is 0 Å². The molecule has 15 heavy (non-hydrogen) atoms. The van der Waals surface area contributed by atoms with E-state index in [0.29, 0.717) is 0 Å². The van der Waals surface area contributed by atoms with Crippen LogP contribution in [0, 0.1) is 0 Å². The van der Waals surface area contributed by atoms with Gasteiger partial charge in [0.15, 0.2) is 0 Å². The maximum atomic E-state index is 5.79. The van der Waals surface area contributed by atoms with Crippen LogP contribution < -0.4 is 10.6 Å². The Labute approximate surface area is 97.0 Å². The van der Waals surface area contributed by atoms with Crippen LogP contribution >= 0.6 is 11.6 Å². The van der Waals surface area contributed by atoms with E-state index in [1.807, 2.05) is 24.3 Å². The third kappa shape index (κ3) is 5.65. The molecule has 0 spiro atoms. The first-order chi connectivity index (χ1) is 7.33. The Morgan fingerprint density at radius 3 is 2.47 bits per heavy atom. The number of rotatable bonds is 7. The fraction of sp³-hybridized carbons (Fsp3) is 0.500. The lowest BCUT2D eigenvalue weighted by molar-refractivity contribution is 0.652. The maximum absolute atomic E-state index is 5.79. The first-order valence-electron chi connectivity index (χ1n) is 5.53. The fourth-order valence-electron chi connectivity index (χ4n) is 1.32. The summed E-state index contributed by atoms with van der Waals surface area (Å²) >= 11 is 5.79. The molecule has 1 aromatic carbocycles. The summed E-state index contributed by atoms with van der Waals surface area (Å²) in [5, 5.41) is 7.50. The Bertz CT molecular complexity index is 259. The molecule has 0 fully saturated rings. The van der Waals surface area contributed by atoms with Crippen molar-refractivity contribution in [2.45, 2.75) is 19.8 Å². The molecule has 0 aromatic heterocycles. The van der Waals surface area contributed by atoms with E-state index in [9.17, 15) is 0 Å². The lowest BCUT2D eigenvalue weighted by Gasteiger charge is -2.06. The summed E-state index contributed by atoms with van der Waals surface area (Å²) in [6, 6.07) is 7.81.